The van der Waals surface area contributed by atoms with Crippen LogP contribution in [-0.4, -0.2) is 46.6 Å². The Labute approximate surface area is 162 Å². The molecule has 0 saturated carbocycles. The summed E-state index contributed by atoms with van der Waals surface area (Å²) in [5.41, 5.74) is 1.10. The summed E-state index contributed by atoms with van der Waals surface area (Å²) in [6, 6.07) is 13.1. The largest absolute Gasteiger partial charge is 0.350 e. The molecule has 1 aliphatic rings. The van der Waals surface area contributed by atoms with Crippen LogP contribution < -0.4 is 5.32 Å². The number of carbonyl (C=O) groups is 2. The van der Waals surface area contributed by atoms with Gasteiger partial charge in [0.05, 0.1) is 16.8 Å². The minimum Gasteiger partial charge on any atom is -0.350 e. The highest BCUT2D eigenvalue weighted by Crippen LogP contribution is 2.16. The van der Waals surface area contributed by atoms with E-state index in [2.05, 4.69) is 10.3 Å². The maximum Gasteiger partial charge on any atom is 0.230 e. The molecule has 2 heterocycles. The van der Waals surface area contributed by atoms with Crippen molar-refractivity contribution in [2.45, 2.75) is 23.9 Å². The number of hydrogen-bond acceptors (Lipinski definition) is 4. The van der Waals surface area contributed by atoms with E-state index in [1.807, 2.05) is 42.5 Å². The van der Waals surface area contributed by atoms with Gasteiger partial charge in [-0.25, -0.2) is 4.98 Å². The number of aromatic nitrogens is 1. The molecule has 1 atom stereocenters. The Hall–Kier alpha value is -2.05. The summed E-state index contributed by atoms with van der Waals surface area (Å²) in [4.78, 5) is 30.2. The van der Waals surface area contributed by atoms with Gasteiger partial charge in [-0.3, -0.25) is 9.59 Å². The Morgan fingerprint density at radius 1 is 1.31 bits per heavy atom. The Morgan fingerprint density at radius 3 is 2.96 bits per heavy atom. The van der Waals surface area contributed by atoms with Crippen molar-refractivity contribution in [3.05, 3.63) is 59.2 Å². The van der Waals surface area contributed by atoms with Crippen LogP contribution in [0.25, 0.3) is 0 Å². The molecule has 136 valence electrons. The maximum absolute atomic E-state index is 12.2. The number of thioether (sulfide) groups is 1. The van der Waals surface area contributed by atoms with Crippen molar-refractivity contribution in [1.82, 2.24) is 15.2 Å². The minimum atomic E-state index is -0.126. The Kier molecular flexibility index (Phi) is 6.52. The maximum atomic E-state index is 12.2. The summed E-state index contributed by atoms with van der Waals surface area (Å²) in [6.07, 6.45) is 2.81. The van der Waals surface area contributed by atoms with Gasteiger partial charge in [0, 0.05) is 30.7 Å². The van der Waals surface area contributed by atoms with E-state index in [1.54, 1.807) is 11.1 Å². The van der Waals surface area contributed by atoms with E-state index in [0.29, 0.717) is 30.3 Å². The summed E-state index contributed by atoms with van der Waals surface area (Å²) >= 11 is 7.38. The average molecular weight is 390 g/mol. The zero-order valence-electron chi connectivity index (χ0n) is 14.2. The van der Waals surface area contributed by atoms with Crippen molar-refractivity contribution in [3.8, 4) is 0 Å². The summed E-state index contributed by atoms with van der Waals surface area (Å²) < 4.78 is 0. The van der Waals surface area contributed by atoms with Crippen LogP contribution >= 0.6 is 23.4 Å². The van der Waals surface area contributed by atoms with Gasteiger partial charge < -0.3 is 10.2 Å². The lowest BCUT2D eigenvalue weighted by Gasteiger charge is -2.17. The second kappa shape index (κ2) is 9.05. The molecule has 7 heteroatoms. The Morgan fingerprint density at radius 2 is 2.19 bits per heavy atom. The number of benzene rings is 1. The summed E-state index contributed by atoms with van der Waals surface area (Å²) in [6.45, 7) is 1.19. The van der Waals surface area contributed by atoms with E-state index in [4.69, 9.17) is 11.6 Å². The number of carbonyl (C=O) groups excluding carboxylic acids is 2. The lowest BCUT2D eigenvalue weighted by molar-refractivity contribution is -0.127. The van der Waals surface area contributed by atoms with E-state index < -0.39 is 0 Å². The molecular weight excluding hydrogens is 370 g/mol. The van der Waals surface area contributed by atoms with E-state index >= 15 is 0 Å². The predicted molar refractivity (Wildman–Crippen MR) is 103 cm³/mol. The minimum absolute atomic E-state index is 0.0739. The third kappa shape index (κ3) is 5.47. The van der Waals surface area contributed by atoms with E-state index in [0.717, 1.165) is 17.0 Å². The van der Waals surface area contributed by atoms with Crippen molar-refractivity contribution in [2.24, 2.45) is 0 Å². The summed E-state index contributed by atoms with van der Waals surface area (Å²) in [7, 11) is 0. The highest BCUT2D eigenvalue weighted by Gasteiger charge is 2.30. The molecule has 1 fully saturated rings. The summed E-state index contributed by atoms with van der Waals surface area (Å²) in [5, 5.41) is 4.46. The van der Waals surface area contributed by atoms with Crippen LogP contribution in [0.4, 0.5) is 0 Å². The van der Waals surface area contributed by atoms with Crippen LogP contribution in [0.3, 0.4) is 0 Å². The van der Waals surface area contributed by atoms with Gasteiger partial charge in [0.15, 0.2) is 0 Å². The normalized spacial score (nSPS) is 16.7. The molecule has 1 aromatic carbocycles. The first kappa shape index (κ1) is 18.7. The van der Waals surface area contributed by atoms with Gasteiger partial charge in [0.1, 0.15) is 0 Å². The van der Waals surface area contributed by atoms with Crippen LogP contribution in [0.5, 0.6) is 0 Å². The highest BCUT2D eigenvalue weighted by molar-refractivity contribution is 7.99. The molecule has 5 nitrogen and oxygen atoms in total. The predicted octanol–water partition coefficient (Wildman–Crippen LogP) is 2.79. The summed E-state index contributed by atoms with van der Waals surface area (Å²) in [5.74, 6) is 0.300. The lowest BCUT2D eigenvalue weighted by Crippen LogP contribution is -2.38. The second-order valence-electron chi connectivity index (χ2n) is 6.14. The topological polar surface area (TPSA) is 62.3 Å². The molecule has 0 bridgehead atoms. The number of rotatable bonds is 7. The molecule has 2 amide bonds. The molecule has 3 rings (SSSR count). The number of nitrogens with zero attached hydrogens (tertiary/aromatic N) is 2. The first-order valence-electron chi connectivity index (χ1n) is 8.45. The molecule has 0 radical (unpaired) electrons. The number of nitrogens with one attached hydrogen (secondary N) is 1. The average Bonchev–Trinajstić information content (AvgIpc) is 2.98. The van der Waals surface area contributed by atoms with Crippen molar-refractivity contribution in [3.63, 3.8) is 0 Å². The van der Waals surface area contributed by atoms with Gasteiger partial charge in [-0.15, -0.1) is 0 Å². The molecule has 1 aromatic heterocycles. The standard InChI is InChI=1S/C19H20ClN3O2S/c20-15-5-3-4-14(10-15)7-9-23-12-16(11-19(23)25)22-17(24)13-26-18-6-1-2-8-21-18/h1-6,8,10,16H,7,9,11-13H2,(H,22,24)/t16-/m1/s1. The first-order valence-corrected chi connectivity index (χ1v) is 9.82. The number of likely N-dealkylation sites (tertiary alicyclic amines) is 1. The number of hydrogen-bond donors (Lipinski definition) is 1. The van der Waals surface area contributed by atoms with Gasteiger partial charge in [-0.05, 0) is 36.2 Å². The van der Waals surface area contributed by atoms with Gasteiger partial charge in [0.25, 0.3) is 0 Å². The molecule has 1 aliphatic heterocycles. The van der Waals surface area contributed by atoms with Gasteiger partial charge in [-0.1, -0.05) is 41.6 Å². The zero-order valence-corrected chi connectivity index (χ0v) is 15.8. The van der Waals surface area contributed by atoms with Crippen molar-refractivity contribution in [2.75, 3.05) is 18.8 Å². The van der Waals surface area contributed by atoms with E-state index in [-0.39, 0.29) is 17.9 Å². The van der Waals surface area contributed by atoms with Gasteiger partial charge in [-0.2, -0.15) is 0 Å². The molecule has 1 saturated heterocycles. The fourth-order valence-electron chi connectivity index (χ4n) is 2.88. The lowest BCUT2D eigenvalue weighted by atomic mass is 10.1. The van der Waals surface area contributed by atoms with Gasteiger partial charge >= 0.3 is 0 Å². The molecule has 0 aliphatic carbocycles. The number of amides is 2. The van der Waals surface area contributed by atoms with Crippen molar-refractivity contribution in [1.29, 1.82) is 0 Å². The fraction of sp³-hybridized carbons (Fsp3) is 0.316. The Bertz CT molecular complexity index is 772. The molecule has 0 unspecified atom stereocenters. The molecular formula is C19H20ClN3O2S. The molecule has 0 spiro atoms. The van der Waals surface area contributed by atoms with Crippen molar-refractivity contribution >= 4 is 35.2 Å². The van der Waals surface area contributed by atoms with E-state index in [9.17, 15) is 9.59 Å². The van der Waals surface area contributed by atoms with Crippen molar-refractivity contribution < 1.29 is 9.59 Å². The fourth-order valence-corrected chi connectivity index (χ4v) is 3.77. The highest BCUT2D eigenvalue weighted by atomic mass is 35.5. The van der Waals surface area contributed by atoms with Crippen LogP contribution in [-0.2, 0) is 16.0 Å². The monoisotopic (exact) mass is 389 g/mol. The number of halogens is 1. The third-order valence-corrected chi connectivity index (χ3v) is 5.31. The zero-order chi connectivity index (χ0) is 18.4. The van der Waals surface area contributed by atoms with Crippen LogP contribution in [0.1, 0.15) is 12.0 Å². The smallest absolute Gasteiger partial charge is 0.230 e. The second-order valence-corrected chi connectivity index (χ2v) is 7.58. The molecule has 1 N–H and O–H groups in total. The third-order valence-electron chi connectivity index (χ3n) is 4.13. The van der Waals surface area contributed by atoms with Crippen LogP contribution in [0.15, 0.2) is 53.7 Å². The van der Waals surface area contributed by atoms with E-state index in [1.165, 1.54) is 11.8 Å². The van der Waals surface area contributed by atoms with Gasteiger partial charge in [0.2, 0.25) is 11.8 Å². The Balaban J connectivity index is 1.43. The molecule has 26 heavy (non-hydrogen) atoms. The quantitative estimate of drug-likeness (QED) is 0.739. The molecule has 2 aromatic rings. The SMILES string of the molecule is O=C(CSc1ccccn1)N[C@@H]1CC(=O)N(CCc2cccc(Cl)c2)C1. The van der Waals surface area contributed by atoms with Crippen LogP contribution in [0.2, 0.25) is 5.02 Å². The first-order chi connectivity index (χ1) is 12.6. The van der Waals surface area contributed by atoms with Crippen LogP contribution in [0, 0.1) is 0 Å². The number of pyridine rings is 1.